The van der Waals surface area contributed by atoms with Gasteiger partial charge in [-0.25, -0.2) is 32.6 Å². The first kappa shape index (κ1) is 24.1. The minimum Gasteiger partial charge on any atom is -0.383 e. The number of hydrogen-bond acceptors (Lipinski definition) is 5. The fourth-order valence-corrected chi connectivity index (χ4v) is 4.66. The molecule has 186 valence electrons. The van der Waals surface area contributed by atoms with E-state index in [0.717, 1.165) is 32.0 Å². The van der Waals surface area contributed by atoms with Crippen molar-refractivity contribution in [3.8, 4) is 11.1 Å². The second-order valence-corrected chi connectivity index (χ2v) is 9.09. The molecule has 0 bridgehead atoms. The molecule has 5 rings (SSSR count). The van der Waals surface area contributed by atoms with Crippen LogP contribution < -0.4 is 11.1 Å². The number of hydrogen-bond donors (Lipinski definition) is 2. The molecule has 0 spiro atoms. The fraction of sp³-hybridized carbons (Fsp3) is 0.280. The van der Waals surface area contributed by atoms with Crippen molar-refractivity contribution in [1.82, 2.24) is 19.6 Å². The summed E-state index contributed by atoms with van der Waals surface area (Å²) in [5.74, 6) is -0.397. The Hall–Kier alpha value is -3.66. The quantitative estimate of drug-likeness (QED) is 0.233. The minimum absolute atomic E-state index is 0.0925. The average molecular weight is 514 g/mol. The summed E-state index contributed by atoms with van der Waals surface area (Å²) in [6.45, 7) is 0. The first-order valence-corrected chi connectivity index (χ1v) is 11.9. The summed E-state index contributed by atoms with van der Waals surface area (Å²) < 4.78 is 42.6. The Morgan fingerprint density at radius 2 is 1.97 bits per heavy atom. The molecule has 11 heteroatoms. The number of halogens is 4. The van der Waals surface area contributed by atoms with E-state index in [9.17, 15) is 13.2 Å². The van der Waals surface area contributed by atoms with Crippen LogP contribution in [0.1, 0.15) is 49.8 Å². The van der Waals surface area contributed by atoms with Crippen molar-refractivity contribution in [2.45, 2.75) is 44.6 Å². The van der Waals surface area contributed by atoms with Crippen LogP contribution in [-0.2, 0) is 0 Å². The SMILES string of the molecule is NC(=Nc1cc(F)ccc1Cl)c1cnn2cc(-c3cncnc3C(F)F)cc2c1NC1CCCCC1. The molecule has 7 nitrogen and oxygen atoms in total. The lowest BCUT2D eigenvalue weighted by Gasteiger charge is -2.25. The lowest BCUT2D eigenvalue weighted by molar-refractivity contribution is 0.146. The number of nitrogens with two attached hydrogens (primary N) is 1. The highest BCUT2D eigenvalue weighted by molar-refractivity contribution is 6.33. The zero-order valence-corrected chi connectivity index (χ0v) is 19.9. The molecule has 0 radical (unpaired) electrons. The molecule has 36 heavy (non-hydrogen) atoms. The van der Waals surface area contributed by atoms with Gasteiger partial charge in [-0.2, -0.15) is 5.10 Å². The van der Waals surface area contributed by atoms with E-state index in [2.05, 4.69) is 25.4 Å². The lowest BCUT2D eigenvalue weighted by Crippen LogP contribution is -2.25. The summed E-state index contributed by atoms with van der Waals surface area (Å²) in [5.41, 5.74) is 8.71. The highest BCUT2D eigenvalue weighted by Crippen LogP contribution is 2.34. The monoisotopic (exact) mass is 513 g/mol. The molecule has 1 fully saturated rings. The molecule has 3 aromatic heterocycles. The van der Waals surface area contributed by atoms with Gasteiger partial charge in [0.15, 0.2) is 0 Å². The normalized spacial score (nSPS) is 15.1. The average Bonchev–Trinajstić information content (AvgIpc) is 3.32. The Kier molecular flexibility index (Phi) is 6.77. The number of benzene rings is 1. The van der Waals surface area contributed by atoms with E-state index < -0.39 is 12.2 Å². The molecule has 1 aromatic carbocycles. The first-order chi connectivity index (χ1) is 17.4. The van der Waals surface area contributed by atoms with Crippen LogP contribution in [0.4, 0.5) is 24.5 Å². The van der Waals surface area contributed by atoms with Gasteiger partial charge in [-0.15, -0.1) is 0 Å². The van der Waals surface area contributed by atoms with Crippen molar-refractivity contribution in [1.29, 1.82) is 0 Å². The summed E-state index contributed by atoms with van der Waals surface area (Å²) >= 11 is 6.19. The summed E-state index contributed by atoms with van der Waals surface area (Å²) in [6.07, 6.45) is 8.24. The van der Waals surface area contributed by atoms with Gasteiger partial charge in [0.2, 0.25) is 0 Å². The van der Waals surface area contributed by atoms with E-state index in [0.29, 0.717) is 22.3 Å². The van der Waals surface area contributed by atoms with Crippen LogP contribution in [-0.4, -0.2) is 31.5 Å². The van der Waals surface area contributed by atoms with E-state index >= 15 is 0 Å². The van der Waals surface area contributed by atoms with Crippen LogP contribution in [0.25, 0.3) is 16.6 Å². The predicted octanol–water partition coefficient (Wildman–Crippen LogP) is 6.30. The van der Waals surface area contributed by atoms with E-state index in [-0.39, 0.29) is 33.8 Å². The van der Waals surface area contributed by atoms with Crippen molar-refractivity contribution < 1.29 is 13.2 Å². The number of nitrogens with one attached hydrogen (secondary N) is 1. The zero-order valence-electron chi connectivity index (χ0n) is 19.1. The van der Waals surface area contributed by atoms with Crippen molar-refractivity contribution in [3.05, 3.63) is 71.3 Å². The number of rotatable bonds is 6. The number of nitrogens with zero attached hydrogens (tertiary/aromatic N) is 5. The number of anilines is 1. The first-order valence-electron chi connectivity index (χ1n) is 11.6. The van der Waals surface area contributed by atoms with Gasteiger partial charge in [0, 0.05) is 35.6 Å². The Labute approximate surface area is 210 Å². The second-order valence-electron chi connectivity index (χ2n) is 8.69. The maximum atomic E-state index is 13.8. The Morgan fingerprint density at radius 3 is 2.75 bits per heavy atom. The van der Waals surface area contributed by atoms with Crippen LogP contribution in [0.3, 0.4) is 0 Å². The molecule has 1 aliphatic rings. The predicted molar refractivity (Wildman–Crippen MR) is 133 cm³/mol. The molecule has 0 amide bonds. The number of aromatic nitrogens is 4. The van der Waals surface area contributed by atoms with Crippen molar-refractivity contribution >= 4 is 34.3 Å². The van der Waals surface area contributed by atoms with Gasteiger partial charge >= 0.3 is 0 Å². The molecular weight excluding hydrogens is 491 g/mol. The molecule has 0 aliphatic heterocycles. The van der Waals surface area contributed by atoms with Gasteiger partial charge in [0.1, 0.15) is 23.7 Å². The molecule has 3 heterocycles. The topological polar surface area (TPSA) is 93.5 Å². The molecule has 3 N–H and O–H groups in total. The van der Waals surface area contributed by atoms with Crippen LogP contribution in [0.2, 0.25) is 5.02 Å². The molecule has 0 atom stereocenters. The molecule has 0 unspecified atom stereocenters. The summed E-state index contributed by atoms with van der Waals surface area (Å²) in [7, 11) is 0. The summed E-state index contributed by atoms with van der Waals surface area (Å²) in [4.78, 5) is 12.1. The maximum Gasteiger partial charge on any atom is 0.281 e. The second kappa shape index (κ2) is 10.1. The lowest BCUT2D eigenvalue weighted by atomic mass is 9.95. The van der Waals surface area contributed by atoms with Crippen LogP contribution in [0.15, 0.2) is 54.2 Å². The van der Waals surface area contributed by atoms with Gasteiger partial charge in [0.25, 0.3) is 6.43 Å². The number of amidine groups is 1. The minimum atomic E-state index is -2.76. The third kappa shape index (κ3) is 4.86. The summed E-state index contributed by atoms with van der Waals surface area (Å²) in [6, 6.07) is 5.79. The standard InChI is InChI=1S/C25H23ClF3N7/c26-19-7-6-15(27)9-20(19)35-25(30)18-11-33-36-12-14(17-10-31-13-32-23(17)24(28)29)8-21(36)22(18)34-16-4-2-1-3-5-16/h6-13,16,24,34H,1-5H2,(H2,30,35). The third-order valence-electron chi connectivity index (χ3n) is 6.28. The van der Waals surface area contributed by atoms with E-state index in [1.54, 1.807) is 23.0 Å². The molecule has 1 saturated carbocycles. The zero-order chi connectivity index (χ0) is 25.2. The molecule has 4 aromatic rings. The van der Waals surface area contributed by atoms with Gasteiger partial charge in [-0.05, 0) is 31.0 Å². The van der Waals surface area contributed by atoms with Crippen molar-refractivity contribution in [2.75, 3.05) is 5.32 Å². The molecular formula is C25H23ClF3N7. The largest absolute Gasteiger partial charge is 0.383 e. The highest BCUT2D eigenvalue weighted by atomic mass is 35.5. The Bertz CT molecular complexity index is 1430. The Balaban J connectivity index is 1.65. The number of fused-ring (bicyclic) bond motifs is 1. The van der Waals surface area contributed by atoms with E-state index in [4.69, 9.17) is 17.3 Å². The maximum absolute atomic E-state index is 13.8. The third-order valence-corrected chi connectivity index (χ3v) is 6.60. The molecule has 0 saturated heterocycles. The smallest absolute Gasteiger partial charge is 0.281 e. The van der Waals surface area contributed by atoms with E-state index in [1.807, 2.05) is 0 Å². The van der Waals surface area contributed by atoms with E-state index in [1.165, 1.54) is 30.8 Å². The highest BCUT2D eigenvalue weighted by Gasteiger charge is 2.22. The van der Waals surface area contributed by atoms with Gasteiger partial charge < -0.3 is 11.1 Å². The summed E-state index contributed by atoms with van der Waals surface area (Å²) in [5, 5.41) is 8.27. The number of aliphatic imine (C=N–C) groups is 1. The van der Waals surface area contributed by atoms with Crippen LogP contribution >= 0.6 is 11.6 Å². The number of alkyl halides is 2. The fourth-order valence-electron chi connectivity index (χ4n) is 4.50. The van der Waals surface area contributed by atoms with Gasteiger partial charge in [-0.1, -0.05) is 30.9 Å². The van der Waals surface area contributed by atoms with Gasteiger partial charge in [-0.3, -0.25) is 0 Å². The van der Waals surface area contributed by atoms with Crippen LogP contribution in [0.5, 0.6) is 0 Å². The van der Waals surface area contributed by atoms with Crippen LogP contribution in [0, 0.1) is 5.82 Å². The van der Waals surface area contributed by atoms with Crippen molar-refractivity contribution in [2.24, 2.45) is 10.7 Å². The van der Waals surface area contributed by atoms with Crippen molar-refractivity contribution in [3.63, 3.8) is 0 Å². The van der Waals surface area contributed by atoms with Gasteiger partial charge in [0.05, 0.1) is 33.7 Å². The molecule has 1 aliphatic carbocycles. The Morgan fingerprint density at radius 1 is 1.17 bits per heavy atom.